The highest BCUT2D eigenvalue weighted by Crippen LogP contribution is 2.32. The van der Waals surface area contributed by atoms with E-state index in [0.717, 1.165) is 44.1 Å². The van der Waals surface area contributed by atoms with E-state index in [0.29, 0.717) is 11.6 Å². The molecular formula is C27H31N3O5. The van der Waals surface area contributed by atoms with Gasteiger partial charge in [-0.25, -0.2) is 4.90 Å². The van der Waals surface area contributed by atoms with Crippen molar-refractivity contribution in [2.45, 2.75) is 76.8 Å². The number of nitro benzene ring substituents is 1. The smallest absolute Gasteiger partial charge is 0.269 e. The highest BCUT2D eigenvalue weighted by molar-refractivity contribution is 6.23. The van der Waals surface area contributed by atoms with Crippen molar-refractivity contribution >= 4 is 29.1 Å². The minimum absolute atomic E-state index is 0.0695. The molecule has 2 aromatic carbocycles. The van der Waals surface area contributed by atoms with Gasteiger partial charge in [0.1, 0.15) is 6.04 Å². The molecule has 4 rings (SSSR count). The molecule has 8 nitrogen and oxygen atoms in total. The van der Waals surface area contributed by atoms with Crippen LogP contribution >= 0.6 is 0 Å². The number of hydrogen-bond acceptors (Lipinski definition) is 5. The molecule has 1 saturated heterocycles. The third-order valence-electron chi connectivity index (χ3n) is 7.05. The predicted molar refractivity (Wildman–Crippen MR) is 132 cm³/mol. The number of benzene rings is 2. The average Bonchev–Trinajstić information content (AvgIpc) is 3.00. The number of anilines is 1. The Bertz CT molecular complexity index is 1100. The number of carbonyl (C=O) groups excluding carboxylic acids is 3. The Kier molecular flexibility index (Phi) is 7.28. The summed E-state index contributed by atoms with van der Waals surface area (Å²) >= 11 is 0. The molecule has 1 saturated carbocycles. The summed E-state index contributed by atoms with van der Waals surface area (Å²) in [7, 11) is 0. The summed E-state index contributed by atoms with van der Waals surface area (Å²) in [6, 6.07) is 11.8. The number of hydrogen-bond donors (Lipinski definition) is 0. The maximum atomic E-state index is 13.7. The third-order valence-corrected chi connectivity index (χ3v) is 7.05. The summed E-state index contributed by atoms with van der Waals surface area (Å²) in [5.41, 5.74) is 1.79. The van der Waals surface area contributed by atoms with Crippen molar-refractivity contribution in [1.82, 2.24) is 4.90 Å². The Balaban J connectivity index is 1.66. The molecule has 0 N–H and O–H groups in total. The molecule has 2 aromatic rings. The molecular weight excluding hydrogens is 446 g/mol. The van der Waals surface area contributed by atoms with Crippen molar-refractivity contribution in [2.75, 3.05) is 4.90 Å². The van der Waals surface area contributed by atoms with E-state index in [2.05, 4.69) is 13.8 Å². The lowest BCUT2D eigenvalue weighted by Crippen LogP contribution is -2.50. The number of nitro groups is 1. The first-order chi connectivity index (χ1) is 16.8. The Labute approximate surface area is 205 Å². The van der Waals surface area contributed by atoms with Crippen LogP contribution in [0.4, 0.5) is 11.4 Å². The van der Waals surface area contributed by atoms with Crippen LogP contribution in [0.1, 0.15) is 80.6 Å². The van der Waals surface area contributed by atoms with Crippen LogP contribution in [0, 0.1) is 10.1 Å². The van der Waals surface area contributed by atoms with Gasteiger partial charge in [0.05, 0.1) is 17.0 Å². The Morgan fingerprint density at radius 3 is 2.11 bits per heavy atom. The summed E-state index contributed by atoms with van der Waals surface area (Å²) < 4.78 is 0. The van der Waals surface area contributed by atoms with Crippen LogP contribution in [-0.2, 0) is 9.59 Å². The first-order valence-electron chi connectivity index (χ1n) is 12.3. The lowest BCUT2D eigenvalue weighted by atomic mass is 10.0. The van der Waals surface area contributed by atoms with E-state index in [4.69, 9.17) is 0 Å². The van der Waals surface area contributed by atoms with Crippen LogP contribution in [0.15, 0.2) is 48.5 Å². The van der Waals surface area contributed by atoms with E-state index in [9.17, 15) is 24.5 Å². The highest BCUT2D eigenvalue weighted by atomic mass is 16.6. The molecule has 0 spiro atoms. The normalized spacial score (nSPS) is 19.2. The van der Waals surface area contributed by atoms with E-state index >= 15 is 0 Å². The van der Waals surface area contributed by atoms with Gasteiger partial charge in [0.25, 0.3) is 17.5 Å². The maximum Gasteiger partial charge on any atom is 0.269 e. The number of rotatable bonds is 6. The van der Waals surface area contributed by atoms with Gasteiger partial charge in [-0.05, 0) is 48.6 Å². The number of nitrogens with zero attached hydrogens (tertiary/aromatic N) is 3. The molecule has 1 atom stereocenters. The Morgan fingerprint density at radius 1 is 0.971 bits per heavy atom. The molecule has 8 heteroatoms. The molecule has 1 heterocycles. The molecule has 1 aliphatic carbocycles. The first-order valence-corrected chi connectivity index (χ1v) is 12.3. The molecule has 0 aromatic heterocycles. The van der Waals surface area contributed by atoms with Crippen molar-refractivity contribution in [1.29, 1.82) is 0 Å². The maximum absolute atomic E-state index is 13.7. The van der Waals surface area contributed by atoms with Crippen LogP contribution in [0.3, 0.4) is 0 Å². The zero-order valence-electron chi connectivity index (χ0n) is 20.2. The van der Waals surface area contributed by atoms with Gasteiger partial charge in [0.15, 0.2) is 0 Å². The second kappa shape index (κ2) is 10.4. The fourth-order valence-electron chi connectivity index (χ4n) is 5.09. The molecule has 35 heavy (non-hydrogen) atoms. The minimum atomic E-state index is -0.891. The van der Waals surface area contributed by atoms with Gasteiger partial charge in [-0.3, -0.25) is 24.5 Å². The SMILES string of the molecule is CC(C)c1ccc(N2C(=O)CC(N(C(=O)c3ccc([N+](=O)[O-])cc3)C3CCCCCC3)C2=O)cc1. The quantitative estimate of drug-likeness (QED) is 0.246. The van der Waals surface area contributed by atoms with E-state index in [1.165, 1.54) is 29.2 Å². The molecule has 1 aliphatic heterocycles. The second-order valence-electron chi connectivity index (χ2n) is 9.70. The van der Waals surface area contributed by atoms with Crippen molar-refractivity contribution < 1.29 is 19.3 Å². The highest BCUT2D eigenvalue weighted by Gasteiger charge is 2.46. The number of amides is 3. The molecule has 2 aliphatic rings. The fraction of sp³-hybridized carbons (Fsp3) is 0.444. The third kappa shape index (κ3) is 5.11. The summed E-state index contributed by atoms with van der Waals surface area (Å²) in [5.74, 6) is -0.763. The second-order valence-corrected chi connectivity index (χ2v) is 9.70. The zero-order chi connectivity index (χ0) is 25.1. The van der Waals surface area contributed by atoms with Crippen molar-refractivity contribution in [3.05, 3.63) is 69.8 Å². The minimum Gasteiger partial charge on any atom is -0.323 e. The predicted octanol–water partition coefficient (Wildman–Crippen LogP) is 5.22. The lowest BCUT2D eigenvalue weighted by molar-refractivity contribution is -0.384. The van der Waals surface area contributed by atoms with Crippen LogP contribution in [0.25, 0.3) is 0 Å². The lowest BCUT2D eigenvalue weighted by Gasteiger charge is -2.35. The van der Waals surface area contributed by atoms with E-state index in [1.807, 2.05) is 12.1 Å². The summed E-state index contributed by atoms with van der Waals surface area (Å²) in [5, 5.41) is 11.0. The molecule has 0 radical (unpaired) electrons. The largest absolute Gasteiger partial charge is 0.323 e. The molecule has 1 unspecified atom stereocenters. The van der Waals surface area contributed by atoms with Gasteiger partial charge in [-0.2, -0.15) is 0 Å². The van der Waals surface area contributed by atoms with Crippen LogP contribution in [-0.4, -0.2) is 39.6 Å². The van der Waals surface area contributed by atoms with Gasteiger partial charge >= 0.3 is 0 Å². The summed E-state index contributed by atoms with van der Waals surface area (Å²) in [6.07, 6.45) is 5.50. The van der Waals surface area contributed by atoms with Crippen LogP contribution in [0.2, 0.25) is 0 Å². The summed E-state index contributed by atoms with van der Waals surface area (Å²) in [6.45, 7) is 4.15. The topological polar surface area (TPSA) is 101 Å². The Morgan fingerprint density at radius 2 is 1.57 bits per heavy atom. The zero-order valence-corrected chi connectivity index (χ0v) is 20.2. The number of imide groups is 1. The van der Waals surface area contributed by atoms with E-state index < -0.39 is 16.9 Å². The standard InChI is InChI=1S/C27H31N3O5/c1-18(2)19-9-13-22(14-10-19)29-25(31)17-24(27(29)33)28(21-7-5-3-4-6-8-21)26(32)20-11-15-23(16-12-20)30(34)35/h9-16,18,21,24H,3-8,17H2,1-2H3. The monoisotopic (exact) mass is 477 g/mol. The first kappa shape index (κ1) is 24.6. The number of non-ortho nitro benzene ring substituents is 1. The molecule has 0 bridgehead atoms. The summed E-state index contributed by atoms with van der Waals surface area (Å²) in [4.78, 5) is 53.7. The Hall–Kier alpha value is -3.55. The molecule has 2 fully saturated rings. The number of carbonyl (C=O) groups is 3. The van der Waals surface area contributed by atoms with Gasteiger partial charge in [-0.15, -0.1) is 0 Å². The molecule has 3 amide bonds. The van der Waals surface area contributed by atoms with Gasteiger partial charge in [0, 0.05) is 23.7 Å². The average molecular weight is 478 g/mol. The van der Waals surface area contributed by atoms with Crippen molar-refractivity contribution in [2.24, 2.45) is 0 Å². The van der Waals surface area contributed by atoms with Crippen molar-refractivity contribution in [3.63, 3.8) is 0 Å². The van der Waals surface area contributed by atoms with E-state index in [1.54, 1.807) is 17.0 Å². The van der Waals surface area contributed by atoms with Gasteiger partial charge in [-0.1, -0.05) is 51.7 Å². The fourth-order valence-corrected chi connectivity index (χ4v) is 5.09. The van der Waals surface area contributed by atoms with Gasteiger partial charge < -0.3 is 4.90 Å². The van der Waals surface area contributed by atoms with Crippen LogP contribution in [0.5, 0.6) is 0 Å². The molecule has 184 valence electrons. The van der Waals surface area contributed by atoms with Gasteiger partial charge in [0.2, 0.25) is 5.91 Å². The van der Waals surface area contributed by atoms with E-state index in [-0.39, 0.29) is 35.5 Å². The van der Waals surface area contributed by atoms with Crippen molar-refractivity contribution in [3.8, 4) is 0 Å². The van der Waals surface area contributed by atoms with Crippen LogP contribution < -0.4 is 4.90 Å².